The quantitative estimate of drug-likeness (QED) is 0.877. The second-order valence-electron chi connectivity index (χ2n) is 6.06. The number of esters is 1. The van der Waals surface area contributed by atoms with E-state index in [9.17, 15) is 9.59 Å². The Bertz CT molecular complexity index is 731. The molecule has 1 N–H and O–H groups in total. The summed E-state index contributed by atoms with van der Waals surface area (Å²) in [5.74, 6) is -0.0667. The Kier molecular flexibility index (Phi) is 3.77. The number of carbonyl (C=O) groups is 2. The summed E-state index contributed by atoms with van der Waals surface area (Å²) in [4.78, 5) is 28.0. The number of aromatic amines is 1. The normalized spacial score (nSPS) is 20.9. The molecule has 0 saturated carbocycles. The van der Waals surface area contributed by atoms with Crippen molar-refractivity contribution in [3.8, 4) is 0 Å². The first-order chi connectivity index (χ1) is 10.6. The molecule has 1 aromatic heterocycles. The largest absolute Gasteiger partial charge is 0.469 e. The predicted molar refractivity (Wildman–Crippen MR) is 84.9 cm³/mol. The van der Waals surface area contributed by atoms with Crippen LogP contribution < -0.4 is 0 Å². The summed E-state index contributed by atoms with van der Waals surface area (Å²) in [6, 6.07) is 7.93. The third-order valence-corrected chi connectivity index (χ3v) is 5.06. The van der Waals surface area contributed by atoms with Crippen LogP contribution in [0.5, 0.6) is 0 Å². The smallest absolute Gasteiger partial charge is 0.305 e. The molecule has 116 valence electrons. The van der Waals surface area contributed by atoms with Crippen LogP contribution in [0.15, 0.2) is 24.3 Å². The monoisotopic (exact) mass is 299 g/mol. The molecule has 4 nitrogen and oxygen atoms in total. The van der Waals surface area contributed by atoms with Gasteiger partial charge in [0.2, 0.25) is 0 Å². The molecule has 4 heteroatoms. The van der Waals surface area contributed by atoms with Crippen molar-refractivity contribution in [1.29, 1.82) is 0 Å². The van der Waals surface area contributed by atoms with Crippen molar-refractivity contribution in [1.82, 2.24) is 4.98 Å². The van der Waals surface area contributed by atoms with Crippen LogP contribution in [0.25, 0.3) is 10.9 Å². The van der Waals surface area contributed by atoms with Crippen molar-refractivity contribution in [3.05, 3.63) is 35.5 Å². The van der Waals surface area contributed by atoms with Crippen molar-refractivity contribution in [2.75, 3.05) is 7.11 Å². The molecule has 1 aromatic carbocycles. The van der Waals surface area contributed by atoms with Gasteiger partial charge in [-0.25, -0.2) is 0 Å². The van der Waals surface area contributed by atoms with Crippen LogP contribution >= 0.6 is 0 Å². The van der Waals surface area contributed by atoms with E-state index in [1.165, 1.54) is 7.11 Å². The second-order valence-corrected chi connectivity index (χ2v) is 6.06. The number of hydrogen-bond acceptors (Lipinski definition) is 3. The van der Waals surface area contributed by atoms with Gasteiger partial charge in [-0.15, -0.1) is 0 Å². The van der Waals surface area contributed by atoms with Crippen molar-refractivity contribution in [2.24, 2.45) is 5.41 Å². The summed E-state index contributed by atoms with van der Waals surface area (Å²) in [5.41, 5.74) is 2.44. The molecule has 3 rings (SSSR count). The van der Waals surface area contributed by atoms with E-state index in [1.807, 2.05) is 31.2 Å². The minimum Gasteiger partial charge on any atom is -0.469 e. The number of aromatic nitrogens is 1. The molecule has 0 radical (unpaired) electrons. The summed E-state index contributed by atoms with van der Waals surface area (Å²) in [6.45, 7) is 2.04. The molecular weight excluding hydrogens is 278 g/mol. The van der Waals surface area contributed by atoms with Crippen LogP contribution in [-0.4, -0.2) is 23.8 Å². The maximum Gasteiger partial charge on any atom is 0.305 e. The van der Waals surface area contributed by atoms with Gasteiger partial charge in [0.1, 0.15) is 0 Å². The van der Waals surface area contributed by atoms with Gasteiger partial charge in [0.05, 0.1) is 7.11 Å². The number of carbonyl (C=O) groups excluding carboxylic acids is 2. The number of fused-ring (bicyclic) bond motifs is 3. The van der Waals surface area contributed by atoms with E-state index >= 15 is 0 Å². The number of ether oxygens (including phenoxy) is 1. The molecule has 22 heavy (non-hydrogen) atoms. The lowest BCUT2D eigenvalue weighted by Gasteiger charge is -2.34. The Labute approximate surface area is 129 Å². The van der Waals surface area contributed by atoms with Crippen LogP contribution in [-0.2, 0) is 16.0 Å². The minimum absolute atomic E-state index is 0.178. The van der Waals surface area contributed by atoms with Crippen LogP contribution in [0.3, 0.4) is 0 Å². The van der Waals surface area contributed by atoms with Gasteiger partial charge in [0, 0.05) is 34.0 Å². The number of rotatable bonds is 4. The molecular formula is C18H21NO3. The van der Waals surface area contributed by atoms with Crippen molar-refractivity contribution in [3.63, 3.8) is 0 Å². The third-order valence-electron chi connectivity index (χ3n) is 5.06. The topological polar surface area (TPSA) is 59.2 Å². The zero-order valence-corrected chi connectivity index (χ0v) is 13.1. The highest BCUT2D eigenvalue weighted by atomic mass is 16.5. The van der Waals surface area contributed by atoms with E-state index in [1.54, 1.807) is 0 Å². The highest BCUT2D eigenvalue weighted by Gasteiger charge is 2.42. The van der Waals surface area contributed by atoms with Crippen molar-refractivity contribution in [2.45, 2.75) is 39.0 Å². The van der Waals surface area contributed by atoms with Gasteiger partial charge in [-0.3, -0.25) is 9.59 Å². The Hall–Kier alpha value is -2.10. The van der Waals surface area contributed by atoms with Crippen molar-refractivity contribution >= 4 is 22.7 Å². The number of methoxy groups -OCH3 is 1. The van der Waals surface area contributed by atoms with Crippen LogP contribution in [0.1, 0.15) is 48.7 Å². The summed E-state index contributed by atoms with van der Waals surface area (Å²) in [5, 5.41) is 0.998. The second kappa shape index (κ2) is 5.59. The minimum atomic E-state index is -0.438. The first-order valence-corrected chi connectivity index (χ1v) is 7.82. The zero-order valence-electron chi connectivity index (χ0n) is 13.1. The highest BCUT2D eigenvalue weighted by molar-refractivity contribution is 6.12. The molecule has 0 bridgehead atoms. The fraction of sp³-hybridized carbons (Fsp3) is 0.444. The Morgan fingerprint density at radius 1 is 1.36 bits per heavy atom. The van der Waals surface area contributed by atoms with Gasteiger partial charge in [0.15, 0.2) is 5.78 Å². The van der Waals surface area contributed by atoms with E-state index in [0.29, 0.717) is 12.8 Å². The maximum absolute atomic E-state index is 13.2. The highest BCUT2D eigenvalue weighted by Crippen LogP contribution is 2.44. The molecule has 0 saturated heterocycles. The SMILES string of the molecule is CC[C@@]1(CCC(=O)OC)CCc2[nH]c3ccccc3c2C1=O. The fourth-order valence-corrected chi connectivity index (χ4v) is 3.58. The van der Waals surface area contributed by atoms with E-state index in [4.69, 9.17) is 4.74 Å². The predicted octanol–water partition coefficient (Wildman–Crippen LogP) is 3.65. The van der Waals surface area contributed by atoms with Crippen LogP contribution in [0.4, 0.5) is 0 Å². The maximum atomic E-state index is 13.2. The van der Waals surface area contributed by atoms with E-state index in [0.717, 1.165) is 41.4 Å². The number of Topliss-reactive ketones (excluding diaryl/α,β-unsaturated/α-hetero) is 1. The molecule has 1 atom stereocenters. The summed E-state index contributed by atoms with van der Waals surface area (Å²) < 4.78 is 4.73. The van der Waals surface area contributed by atoms with Gasteiger partial charge in [-0.2, -0.15) is 0 Å². The number of para-hydroxylation sites is 1. The molecule has 0 spiro atoms. The molecule has 2 aromatic rings. The van der Waals surface area contributed by atoms with Gasteiger partial charge < -0.3 is 9.72 Å². The summed E-state index contributed by atoms with van der Waals surface area (Å²) in [6.07, 6.45) is 3.26. The molecule has 0 fully saturated rings. The van der Waals surface area contributed by atoms with Gasteiger partial charge in [-0.05, 0) is 31.7 Å². The Morgan fingerprint density at radius 2 is 2.14 bits per heavy atom. The molecule has 0 aliphatic heterocycles. The molecule has 1 aliphatic carbocycles. The number of H-pyrrole nitrogens is 1. The van der Waals surface area contributed by atoms with Crippen LogP contribution in [0.2, 0.25) is 0 Å². The number of ketones is 1. The number of nitrogens with one attached hydrogen (secondary N) is 1. The van der Waals surface area contributed by atoms with Gasteiger partial charge in [0.25, 0.3) is 0 Å². The molecule has 1 aliphatic rings. The fourth-order valence-electron chi connectivity index (χ4n) is 3.58. The van der Waals surface area contributed by atoms with E-state index < -0.39 is 5.41 Å². The zero-order chi connectivity index (χ0) is 15.7. The van der Waals surface area contributed by atoms with E-state index in [2.05, 4.69) is 4.98 Å². The van der Waals surface area contributed by atoms with Crippen molar-refractivity contribution < 1.29 is 14.3 Å². The average Bonchev–Trinajstić information content (AvgIpc) is 2.93. The van der Waals surface area contributed by atoms with Gasteiger partial charge in [-0.1, -0.05) is 25.1 Å². The number of benzene rings is 1. The molecule has 0 amide bonds. The third kappa shape index (κ3) is 2.23. The lowest BCUT2D eigenvalue weighted by atomic mass is 9.67. The summed E-state index contributed by atoms with van der Waals surface area (Å²) in [7, 11) is 1.39. The molecule has 1 heterocycles. The lowest BCUT2D eigenvalue weighted by molar-refractivity contribution is -0.141. The lowest BCUT2D eigenvalue weighted by Crippen LogP contribution is -2.36. The van der Waals surface area contributed by atoms with E-state index in [-0.39, 0.29) is 11.8 Å². The standard InChI is InChI=1S/C18H21NO3/c1-3-18(11-9-15(20)22-2)10-8-14-16(17(18)21)12-6-4-5-7-13(12)19-14/h4-7,19H,3,8-11H2,1-2H3/t18-/m0/s1. The summed E-state index contributed by atoms with van der Waals surface area (Å²) >= 11 is 0. The molecule has 0 unspecified atom stereocenters. The van der Waals surface area contributed by atoms with Gasteiger partial charge >= 0.3 is 5.97 Å². The Morgan fingerprint density at radius 3 is 2.86 bits per heavy atom. The first kappa shape index (κ1) is 14.8. The first-order valence-electron chi connectivity index (χ1n) is 7.82. The van der Waals surface area contributed by atoms with Crippen LogP contribution in [0, 0.1) is 5.41 Å². The number of aryl methyl sites for hydroxylation is 1. The average molecular weight is 299 g/mol. The number of hydrogen-bond donors (Lipinski definition) is 1. The Balaban J connectivity index is 1.99.